The fourth-order valence-electron chi connectivity index (χ4n) is 4.75. The van der Waals surface area contributed by atoms with Gasteiger partial charge >= 0.3 is 0 Å². The van der Waals surface area contributed by atoms with E-state index in [0.29, 0.717) is 26.1 Å². The maximum absolute atomic E-state index is 13.5. The number of ether oxygens (including phenoxy) is 1. The third-order valence-corrected chi connectivity index (χ3v) is 6.78. The molecule has 1 aromatic carbocycles. The van der Waals surface area contributed by atoms with Gasteiger partial charge in [-0.05, 0) is 37.0 Å². The van der Waals surface area contributed by atoms with Crippen LogP contribution in [0.3, 0.4) is 0 Å². The van der Waals surface area contributed by atoms with Crippen molar-refractivity contribution < 1.29 is 14.3 Å². The van der Waals surface area contributed by atoms with E-state index in [1.165, 1.54) is 12.0 Å². The van der Waals surface area contributed by atoms with Gasteiger partial charge in [-0.25, -0.2) is 0 Å². The standard InChI is InChI=1S/C28H41N3O3/c1-3-4-17-27(32)31(25-14-9-6-10-15-25)23-28(33)30(19-20-34-2)22-26-16-11-18-29(26)21-24-12-7-5-8-13-24/h5,7-8,11-13,16,18,25H,3-4,6,9-10,14-15,17,19-23H2,1-2H3. The van der Waals surface area contributed by atoms with Crippen LogP contribution in [0, 0.1) is 0 Å². The number of hydrogen-bond acceptors (Lipinski definition) is 3. The Labute approximate surface area is 204 Å². The maximum Gasteiger partial charge on any atom is 0.242 e. The van der Waals surface area contributed by atoms with Crippen molar-refractivity contribution in [3.8, 4) is 0 Å². The molecule has 1 aromatic heterocycles. The highest BCUT2D eigenvalue weighted by Crippen LogP contribution is 2.24. The van der Waals surface area contributed by atoms with E-state index in [1.54, 1.807) is 7.11 Å². The molecule has 2 aromatic rings. The first-order valence-electron chi connectivity index (χ1n) is 12.9. The maximum atomic E-state index is 13.5. The molecule has 1 fully saturated rings. The summed E-state index contributed by atoms with van der Waals surface area (Å²) in [5, 5.41) is 0. The number of unbranched alkanes of at least 4 members (excludes halogenated alkanes) is 1. The van der Waals surface area contributed by atoms with Crippen LogP contribution < -0.4 is 0 Å². The lowest BCUT2D eigenvalue weighted by atomic mass is 9.93. The Morgan fingerprint density at radius 2 is 1.79 bits per heavy atom. The van der Waals surface area contributed by atoms with Gasteiger partial charge in [0.05, 0.1) is 13.2 Å². The van der Waals surface area contributed by atoms with E-state index in [1.807, 2.05) is 34.1 Å². The second-order valence-electron chi connectivity index (χ2n) is 9.34. The second-order valence-corrected chi connectivity index (χ2v) is 9.34. The summed E-state index contributed by atoms with van der Waals surface area (Å²) in [6.07, 6.45) is 9.94. The SMILES string of the molecule is CCCCC(=O)N(CC(=O)N(CCOC)Cc1cccn1Cc1ccccc1)C1CCCCC1. The van der Waals surface area contributed by atoms with E-state index in [0.717, 1.165) is 50.8 Å². The first kappa shape index (κ1) is 26.0. The van der Waals surface area contributed by atoms with Crippen molar-refractivity contribution in [1.82, 2.24) is 14.4 Å². The van der Waals surface area contributed by atoms with Gasteiger partial charge in [0.2, 0.25) is 11.8 Å². The van der Waals surface area contributed by atoms with Crippen LogP contribution in [0.15, 0.2) is 48.7 Å². The molecule has 0 atom stereocenters. The van der Waals surface area contributed by atoms with Crippen LogP contribution >= 0.6 is 0 Å². The molecule has 0 N–H and O–H groups in total. The smallest absolute Gasteiger partial charge is 0.242 e. The number of carbonyl (C=O) groups excluding carboxylic acids is 2. The van der Waals surface area contributed by atoms with Crippen LogP contribution in [0.25, 0.3) is 0 Å². The second kappa shape index (κ2) is 14.0. The molecule has 0 radical (unpaired) electrons. The third-order valence-electron chi connectivity index (χ3n) is 6.78. The number of carbonyl (C=O) groups is 2. The number of amides is 2. The molecular formula is C28H41N3O3. The fourth-order valence-corrected chi connectivity index (χ4v) is 4.75. The van der Waals surface area contributed by atoms with Gasteiger partial charge in [0.1, 0.15) is 6.54 Å². The molecule has 2 amide bonds. The molecule has 0 unspecified atom stereocenters. The molecule has 3 rings (SSSR count). The molecule has 6 nitrogen and oxygen atoms in total. The van der Waals surface area contributed by atoms with Crippen molar-refractivity contribution in [2.75, 3.05) is 26.8 Å². The zero-order valence-electron chi connectivity index (χ0n) is 21.0. The molecule has 0 aliphatic heterocycles. The van der Waals surface area contributed by atoms with Gasteiger partial charge in [-0.3, -0.25) is 9.59 Å². The van der Waals surface area contributed by atoms with Gasteiger partial charge in [0, 0.05) is 44.6 Å². The first-order valence-corrected chi connectivity index (χ1v) is 12.9. The van der Waals surface area contributed by atoms with Crippen LogP contribution in [0.2, 0.25) is 0 Å². The lowest BCUT2D eigenvalue weighted by Crippen LogP contribution is -2.48. The molecule has 6 heteroatoms. The average molecular weight is 468 g/mol. The summed E-state index contributed by atoms with van der Waals surface area (Å²) in [6.45, 7) is 4.51. The number of hydrogen-bond donors (Lipinski definition) is 0. The fraction of sp³-hybridized carbons (Fsp3) is 0.571. The zero-order valence-corrected chi connectivity index (χ0v) is 21.0. The molecule has 1 saturated carbocycles. The van der Waals surface area contributed by atoms with Gasteiger partial charge in [-0.2, -0.15) is 0 Å². The normalized spacial score (nSPS) is 14.2. The summed E-state index contributed by atoms with van der Waals surface area (Å²) >= 11 is 0. The van der Waals surface area contributed by atoms with Gasteiger partial charge in [-0.1, -0.05) is 62.9 Å². The summed E-state index contributed by atoms with van der Waals surface area (Å²) < 4.78 is 7.50. The minimum Gasteiger partial charge on any atom is -0.383 e. The lowest BCUT2D eigenvalue weighted by Gasteiger charge is -2.35. The summed E-state index contributed by atoms with van der Waals surface area (Å²) in [4.78, 5) is 30.4. The zero-order chi connectivity index (χ0) is 24.2. The van der Waals surface area contributed by atoms with Crippen LogP contribution in [0.5, 0.6) is 0 Å². The van der Waals surface area contributed by atoms with Crippen molar-refractivity contribution in [2.45, 2.75) is 77.4 Å². The Morgan fingerprint density at radius 1 is 1.03 bits per heavy atom. The Hall–Kier alpha value is -2.60. The Morgan fingerprint density at radius 3 is 2.50 bits per heavy atom. The third kappa shape index (κ3) is 7.73. The number of benzene rings is 1. The highest BCUT2D eigenvalue weighted by molar-refractivity contribution is 5.85. The molecule has 1 aliphatic rings. The predicted molar refractivity (Wildman–Crippen MR) is 135 cm³/mol. The van der Waals surface area contributed by atoms with E-state index in [2.05, 4.69) is 35.9 Å². The first-order chi connectivity index (χ1) is 16.6. The van der Waals surface area contributed by atoms with Crippen molar-refractivity contribution in [2.24, 2.45) is 0 Å². The van der Waals surface area contributed by atoms with Gasteiger partial charge in [-0.15, -0.1) is 0 Å². The van der Waals surface area contributed by atoms with Gasteiger partial charge in [0.25, 0.3) is 0 Å². The topological polar surface area (TPSA) is 54.8 Å². The van der Waals surface area contributed by atoms with Crippen LogP contribution in [-0.4, -0.2) is 59.0 Å². The number of aromatic nitrogens is 1. The predicted octanol–water partition coefficient (Wildman–Crippen LogP) is 4.86. The average Bonchev–Trinajstić information content (AvgIpc) is 3.30. The quantitative estimate of drug-likeness (QED) is 0.423. The molecule has 0 bridgehead atoms. The minimum atomic E-state index is -0.0000620. The van der Waals surface area contributed by atoms with E-state index in [4.69, 9.17) is 4.74 Å². The highest BCUT2D eigenvalue weighted by atomic mass is 16.5. The van der Waals surface area contributed by atoms with E-state index < -0.39 is 0 Å². The molecule has 1 aliphatic carbocycles. The molecule has 0 spiro atoms. The molecule has 1 heterocycles. The van der Waals surface area contributed by atoms with Gasteiger partial charge < -0.3 is 19.1 Å². The lowest BCUT2D eigenvalue weighted by molar-refractivity contribution is -0.144. The van der Waals surface area contributed by atoms with E-state index in [9.17, 15) is 9.59 Å². The van der Waals surface area contributed by atoms with Crippen molar-refractivity contribution >= 4 is 11.8 Å². The van der Waals surface area contributed by atoms with Crippen molar-refractivity contribution in [3.63, 3.8) is 0 Å². The summed E-state index contributed by atoms with van der Waals surface area (Å²) in [6, 6.07) is 14.6. The van der Waals surface area contributed by atoms with E-state index >= 15 is 0 Å². The van der Waals surface area contributed by atoms with Gasteiger partial charge in [0.15, 0.2) is 0 Å². The number of methoxy groups -OCH3 is 1. The summed E-state index contributed by atoms with van der Waals surface area (Å²) in [7, 11) is 1.66. The minimum absolute atomic E-state index is 0.0000620. The van der Waals surface area contributed by atoms with Crippen molar-refractivity contribution in [1.29, 1.82) is 0 Å². The Kier molecular flexibility index (Phi) is 10.7. The molecule has 186 valence electrons. The van der Waals surface area contributed by atoms with Crippen molar-refractivity contribution in [3.05, 3.63) is 59.9 Å². The Balaban J connectivity index is 1.72. The largest absolute Gasteiger partial charge is 0.383 e. The summed E-state index contributed by atoms with van der Waals surface area (Å²) in [5.41, 5.74) is 2.30. The molecular weight excluding hydrogens is 426 g/mol. The monoisotopic (exact) mass is 467 g/mol. The highest BCUT2D eigenvalue weighted by Gasteiger charge is 2.28. The van der Waals surface area contributed by atoms with Crippen LogP contribution in [-0.2, 0) is 27.4 Å². The number of nitrogens with zero attached hydrogens (tertiary/aromatic N) is 3. The molecule has 0 saturated heterocycles. The Bertz CT molecular complexity index is 874. The molecule has 34 heavy (non-hydrogen) atoms. The van der Waals surface area contributed by atoms with Crippen LogP contribution in [0.1, 0.15) is 69.5 Å². The van der Waals surface area contributed by atoms with E-state index in [-0.39, 0.29) is 24.4 Å². The van der Waals surface area contributed by atoms with Crippen LogP contribution in [0.4, 0.5) is 0 Å². The summed E-state index contributed by atoms with van der Waals surface area (Å²) in [5.74, 6) is 0.126. The number of rotatable bonds is 13.